The minimum atomic E-state index is -4.74. The summed E-state index contributed by atoms with van der Waals surface area (Å²) in [6, 6.07) is 10.7. The summed E-state index contributed by atoms with van der Waals surface area (Å²) in [5.41, 5.74) is 1.41. The Hall–Kier alpha value is -3.19. The predicted molar refractivity (Wildman–Crippen MR) is 116 cm³/mol. The molecular weight excluding hydrogens is 481 g/mol. The second-order valence-corrected chi connectivity index (χ2v) is 9.30. The van der Waals surface area contributed by atoms with Crippen molar-refractivity contribution in [1.82, 2.24) is 15.5 Å². The van der Waals surface area contributed by atoms with Gasteiger partial charge in [0.2, 0.25) is 17.8 Å². The highest BCUT2D eigenvalue weighted by Crippen LogP contribution is 2.33. The number of benzene rings is 2. The van der Waals surface area contributed by atoms with E-state index < -0.39 is 11.6 Å². The Balaban J connectivity index is 1.26. The molecule has 0 aliphatic carbocycles. The highest BCUT2D eigenvalue weighted by Gasteiger charge is 2.31. The fourth-order valence-corrected chi connectivity index (χ4v) is 4.70. The van der Waals surface area contributed by atoms with Crippen LogP contribution in [0.25, 0.3) is 0 Å². The maximum absolute atomic E-state index is 12.4. The normalized spacial score (nSPS) is 13.5. The quantitative estimate of drug-likeness (QED) is 0.432. The zero-order valence-corrected chi connectivity index (χ0v) is 18.6. The number of nitrogens with zero attached hydrogens (tertiary/aromatic N) is 2. The van der Waals surface area contributed by atoms with Crippen LogP contribution >= 0.6 is 23.1 Å². The number of hydrogen-bond acceptors (Lipinski definition) is 9. The van der Waals surface area contributed by atoms with Gasteiger partial charge in [0.15, 0.2) is 15.8 Å². The number of fused-ring (bicyclic) bond motifs is 1. The van der Waals surface area contributed by atoms with E-state index >= 15 is 0 Å². The average molecular weight is 499 g/mol. The minimum absolute atomic E-state index is 0.164. The van der Waals surface area contributed by atoms with Crippen LogP contribution in [0.5, 0.6) is 17.2 Å². The average Bonchev–Trinajstić information content (AvgIpc) is 3.41. The number of ether oxygens (including phenoxy) is 3. The lowest BCUT2D eigenvalue weighted by atomic mass is 10.2. The molecule has 0 saturated heterocycles. The number of thioether (sulfide) groups is 1. The van der Waals surface area contributed by atoms with Gasteiger partial charge in [0, 0.05) is 12.2 Å². The van der Waals surface area contributed by atoms with Gasteiger partial charge in [0.25, 0.3) is 0 Å². The van der Waals surface area contributed by atoms with E-state index in [1.807, 2.05) is 12.1 Å². The predicted octanol–water partition coefficient (Wildman–Crippen LogP) is 4.71. The van der Waals surface area contributed by atoms with E-state index in [1.165, 1.54) is 47.4 Å². The zero-order chi connectivity index (χ0) is 23.4. The Morgan fingerprint density at radius 1 is 1.18 bits per heavy atom. The van der Waals surface area contributed by atoms with Crippen molar-refractivity contribution in [2.75, 3.05) is 12.1 Å². The van der Waals surface area contributed by atoms with Gasteiger partial charge in [-0.1, -0.05) is 29.2 Å². The first-order chi connectivity index (χ1) is 15.7. The molecule has 0 fully saturated rings. The van der Waals surface area contributed by atoms with Gasteiger partial charge in [0.1, 0.15) is 5.75 Å². The van der Waals surface area contributed by atoms with Gasteiger partial charge < -0.3 is 24.8 Å². The molecular formula is C20H17F3N4O4S2. The van der Waals surface area contributed by atoms with Crippen molar-refractivity contribution >= 4 is 39.8 Å². The molecule has 1 atom stereocenters. The van der Waals surface area contributed by atoms with Gasteiger partial charge >= 0.3 is 6.36 Å². The SMILES string of the molecule is CC(Sc1nnc(Nc2ccc(OC(F)(F)F)cc2)s1)C(=O)NCc1ccc2c(c1)OCO2. The fourth-order valence-electron chi connectivity index (χ4n) is 2.76. The lowest BCUT2D eigenvalue weighted by Gasteiger charge is -2.10. The Morgan fingerprint density at radius 3 is 2.70 bits per heavy atom. The monoisotopic (exact) mass is 498 g/mol. The van der Waals surface area contributed by atoms with E-state index in [9.17, 15) is 18.0 Å². The molecule has 0 saturated carbocycles. The molecule has 33 heavy (non-hydrogen) atoms. The van der Waals surface area contributed by atoms with Gasteiger partial charge in [0.05, 0.1) is 5.25 Å². The Morgan fingerprint density at radius 2 is 1.94 bits per heavy atom. The molecule has 0 radical (unpaired) electrons. The van der Waals surface area contributed by atoms with Crippen molar-refractivity contribution in [3.63, 3.8) is 0 Å². The Bertz CT molecular complexity index is 1130. The van der Waals surface area contributed by atoms with Gasteiger partial charge in [-0.3, -0.25) is 4.79 Å². The molecule has 1 aliphatic rings. The molecule has 1 unspecified atom stereocenters. The third-order valence-electron chi connectivity index (χ3n) is 4.30. The zero-order valence-electron chi connectivity index (χ0n) is 17.0. The van der Waals surface area contributed by atoms with Crippen LogP contribution < -0.4 is 24.8 Å². The Labute approximate surface area is 194 Å². The summed E-state index contributed by atoms with van der Waals surface area (Å²) in [6.07, 6.45) is -4.74. The number of amides is 1. The van der Waals surface area contributed by atoms with E-state index in [4.69, 9.17) is 9.47 Å². The lowest BCUT2D eigenvalue weighted by Crippen LogP contribution is -2.30. The number of nitrogens with one attached hydrogen (secondary N) is 2. The van der Waals surface area contributed by atoms with Crippen molar-refractivity contribution < 1.29 is 32.2 Å². The maximum Gasteiger partial charge on any atom is 0.573 e. The van der Waals surface area contributed by atoms with E-state index in [0.29, 0.717) is 33.2 Å². The molecule has 0 bridgehead atoms. The van der Waals surface area contributed by atoms with E-state index in [0.717, 1.165) is 5.56 Å². The maximum atomic E-state index is 12.4. The molecule has 174 valence electrons. The number of alkyl halides is 3. The molecule has 1 aromatic heterocycles. The van der Waals surface area contributed by atoms with Crippen LogP contribution in [0.2, 0.25) is 0 Å². The van der Waals surface area contributed by atoms with Crippen LogP contribution in [0.1, 0.15) is 12.5 Å². The Kier molecular flexibility index (Phi) is 6.79. The highest BCUT2D eigenvalue weighted by molar-refractivity contribution is 8.02. The topological polar surface area (TPSA) is 94.6 Å². The first-order valence-electron chi connectivity index (χ1n) is 9.54. The van der Waals surface area contributed by atoms with Crippen LogP contribution in [0.4, 0.5) is 24.0 Å². The molecule has 2 N–H and O–H groups in total. The third-order valence-corrected chi connectivity index (χ3v) is 6.32. The largest absolute Gasteiger partial charge is 0.573 e. The van der Waals surface area contributed by atoms with Crippen molar-refractivity contribution in [2.24, 2.45) is 0 Å². The molecule has 0 spiro atoms. The molecule has 4 rings (SSSR count). The molecule has 1 aliphatic heterocycles. The summed E-state index contributed by atoms with van der Waals surface area (Å²) in [7, 11) is 0. The molecule has 13 heteroatoms. The summed E-state index contributed by atoms with van der Waals surface area (Å²) in [5, 5.41) is 13.9. The van der Waals surface area contributed by atoms with Crippen LogP contribution in [0.15, 0.2) is 46.8 Å². The van der Waals surface area contributed by atoms with Crippen molar-refractivity contribution in [2.45, 2.75) is 29.4 Å². The molecule has 8 nitrogen and oxygen atoms in total. The summed E-state index contributed by atoms with van der Waals surface area (Å²) in [5.74, 6) is 0.852. The highest BCUT2D eigenvalue weighted by atomic mass is 32.2. The van der Waals surface area contributed by atoms with Crippen LogP contribution in [0.3, 0.4) is 0 Å². The molecule has 1 amide bonds. The molecule has 3 aromatic rings. The first-order valence-corrected chi connectivity index (χ1v) is 11.2. The molecule has 2 aromatic carbocycles. The van der Waals surface area contributed by atoms with Gasteiger partial charge in [-0.2, -0.15) is 0 Å². The summed E-state index contributed by atoms with van der Waals surface area (Å²) in [4.78, 5) is 12.4. The smallest absolute Gasteiger partial charge is 0.454 e. The van der Waals surface area contributed by atoms with Crippen molar-refractivity contribution in [1.29, 1.82) is 0 Å². The standard InChI is InChI=1S/C20H17F3N4O4S2/c1-11(17(28)24-9-12-2-7-15-16(8-12)30-10-29-15)32-19-27-26-18(33-19)25-13-3-5-14(6-4-13)31-20(21,22)23/h2-8,11H,9-10H2,1H3,(H,24,28)(H,25,26). The second kappa shape index (κ2) is 9.75. The summed E-state index contributed by atoms with van der Waals surface area (Å²) in [6.45, 7) is 2.29. The summed E-state index contributed by atoms with van der Waals surface area (Å²) < 4.78 is 51.7. The number of carbonyl (C=O) groups is 1. The summed E-state index contributed by atoms with van der Waals surface area (Å²) >= 11 is 2.47. The number of anilines is 2. The van der Waals surface area contributed by atoms with Crippen molar-refractivity contribution in [3.8, 4) is 17.2 Å². The van der Waals surface area contributed by atoms with Gasteiger partial charge in [-0.05, 0) is 48.9 Å². The lowest BCUT2D eigenvalue weighted by molar-refractivity contribution is -0.274. The van der Waals surface area contributed by atoms with Gasteiger partial charge in [-0.25, -0.2) is 0 Å². The van der Waals surface area contributed by atoms with Gasteiger partial charge in [-0.15, -0.1) is 23.4 Å². The van der Waals surface area contributed by atoms with Crippen LogP contribution in [-0.2, 0) is 11.3 Å². The third kappa shape index (κ3) is 6.42. The number of rotatable bonds is 8. The second-order valence-electron chi connectivity index (χ2n) is 6.74. The van der Waals surface area contributed by atoms with Crippen LogP contribution in [-0.4, -0.2) is 34.5 Å². The minimum Gasteiger partial charge on any atom is -0.454 e. The number of halogens is 3. The number of aromatic nitrogens is 2. The van der Waals surface area contributed by atoms with Crippen molar-refractivity contribution in [3.05, 3.63) is 48.0 Å². The van der Waals surface area contributed by atoms with E-state index in [2.05, 4.69) is 25.6 Å². The van der Waals surface area contributed by atoms with E-state index in [-0.39, 0.29) is 18.4 Å². The molecule has 2 heterocycles. The number of carbonyl (C=O) groups excluding carboxylic acids is 1. The number of hydrogen-bond donors (Lipinski definition) is 2. The van der Waals surface area contributed by atoms with E-state index in [1.54, 1.807) is 13.0 Å². The van der Waals surface area contributed by atoms with Crippen LogP contribution in [0, 0.1) is 0 Å². The fraction of sp³-hybridized carbons (Fsp3) is 0.250. The first kappa shape index (κ1) is 23.0.